The van der Waals surface area contributed by atoms with E-state index in [1.807, 2.05) is 0 Å². The van der Waals surface area contributed by atoms with Gasteiger partial charge in [-0.2, -0.15) is 0 Å². The number of benzene rings is 2. The molecule has 0 amide bonds. The molecule has 0 unspecified atom stereocenters. The van der Waals surface area contributed by atoms with E-state index >= 15 is 0 Å². The van der Waals surface area contributed by atoms with Crippen LogP contribution in [0.4, 0.5) is 8.78 Å². The van der Waals surface area contributed by atoms with Gasteiger partial charge >= 0.3 is 0 Å². The molecule has 19 heavy (non-hydrogen) atoms. The summed E-state index contributed by atoms with van der Waals surface area (Å²) in [5.74, 6) is -0.991. The van der Waals surface area contributed by atoms with Crippen molar-refractivity contribution in [1.82, 2.24) is 0 Å². The van der Waals surface area contributed by atoms with Crippen LogP contribution < -0.4 is 5.73 Å². The predicted molar refractivity (Wildman–Crippen MR) is 69.4 cm³/mol. The maximum absolute atomic E-state index is 13.2. The van der Waals surface area contributed by atoms with E-state index in [0.29, 0.717) is 4.90 Å². The van der Waals surface area contributed by atoms with Crippen LogP contribution >= 0.6 is 11.8 Å². The van der Waals surface area contributed by atoms with E-state index in [1.54, 1.807) is 12.1 Å². The molecule has 0 spiro atoms. The number of nitrogens with zero attached hydrogens (tertiary/aromatic N) is 1. The molecule has 98 valence electrons. The minimum Gasteiger partial charge on any atom is -0.409 e. The zero-order valence-corrected chi connectivity index (χ0v) is 10.5. The van der Waals surface area contributed by atoms with Gasteiger partial charge in [0.1, 0.15) is 11.6 Å². The first kappa shape index (κ1) is 13.4. The second kappa shape index (κ2) is 5.71. The molecule has 0 bridgehead atoms. The molecule has 0 aliphatic carbocycles. The van der Waals surface area contributed by atoms with Gasteiger partial charge in [-0.1, -0.05) is 16.9 Å². The smallest absolute Gasteiger partial charge is 0.171 e. The number of nitrogens with two attached hydrogens (primary N) is 1. The molecule has 0 fully saturated rings. The Labute approximate surface area is 112 Å². The zero-order valence-electron chi connectivity index (χ0n) is 9.68. The molecule has 0 aromatic heterocycles. The lowest BCUT2D eigenvalue weighted by Gasteiger charge is -2.08. The summed E-state index contributed by atoms with van der Waals surface area (Å²) in [6.07, 6.45) is 0. The highest BCUT2D eigenvalue weighted by Gasteiger charge is 2.10. The van der Waals surface area contributed by atoms with Gasteiger partial charge in [0.15, 0.2) is 5.84 Å². The fraction of sp³-hybridized carbons (Fsp3) is 0. The Morgan fingerprint density at radius 1 is 1.05 bits per heavy atom. The number of hydrogen-bond donors (Lipinski definition) is 2. The Hall–Kier alpha value is -2.08. The molecule has 3 N–H and O–H groups in total. The van der Waals surface area contributed by atoms with Crippen LogP contribution in [-0.4, -0.2) is 11.0 Å². The molecule has 2 aromatic carbocycles. The SMILES string of the molecule is NC(=NO)c1cc(F)ccc1Sc1ccc(F)cc1. The van der Waals surface area contributed by atoms with Crippen molar-refractivity contribution in [2.75, 3.05) is 0 Å². The summed E-state index contributed by atoms with van der Waals surface area (Å²) < 4.78 is 26.0. The van der Waals surface area contributed by atoms with Crippen molar-refractivity contribution >= 4 is 17.6 Å². The number of halogens is 2. The summed E-state index contributed by atoms with van der Waals surface area (Å²) in [5.41, 5.74) is 5.79. The Morgan fingerprint density at radius 2 is 1.68 bits per heavy atom. The van der Waals surface area contributed by atoms with E-state index in [1.165, 1.54) is 42.1 Å². The van der Waals surface area contributed by atoms with Crippen LogP contribution in [0, 0.1) is 11.6 Å². The fourth-order valence-corrected chi connectivity index (χ4v) is 2.41. The Balaban J connectivity index is 2.37. The predicted octanol–water partition coefficient (Wildman–Crippen LogP) is 3.21. The maximum Gasteiger partial charge on any atom is 0.171 e. The first-order chi connectivity index (χ1) is 9.10. The number of amidine groups is 1. The zero-order chi connectivity index (χ0) is 13.8. The normalized spacial score (nSPS) is 11.6. The van der Waals surface area contributed by atoms with Crippen LogP contribution in [0.15, 0.2) is 57.4 Å². The number of oxime groups is 1. The van der Waals surface area contributed by atoms with E-state index in [0.717, 1.165) is 4.90 Å². The molecule has 0 heterocycles. The van der Waals surface area contributed by atoms with E-state index in [9.17, 15) is 8.78 Å². The third-order valence-corrected chi connectivity index (χ3v) is 3.45. The first-order valence-corrected chi connectivity index (χ1v) is 6.12. The second-order valence-corrected chi connectivity index (χ2v) is 4.80. The average molecular weight is 280 g/mol. The molecule has 3 nitrogen and oxygen atoms in total. The Morgan fingerprint density at radius 3 is 2.32 bits per heavy atom. The summed E-state index contributed by atoms with van der Waals surface area (Å²) in [6.45, 7) is 0. The lowest BCUT2D eigenvalue weighted by Crippen LogP contribution is -2.14. The number of rotatable bonds is 3. The summed E-state index contributed by atoms with van der Waals surface area (Å²) in [5, 5.41) is 11.6. The molecule has 0 aliphatic rings. The lowest BCUT2D eigenvalue weighted by molar-refractivity contribution is 0.318. The van der Waals surface area contributed by atoms with E-state index < -0.39 is 5.82 Å². The topological polar surface area (TPSA) is 58.6 Å². The van der Waals surface area contributed by atoms with Gasteiger partial charge < -0.3 is 10.9 Å². The van der Waals surface area contributed by atoms with Gasteiger partial charge in [0.05, 0.1) is 0 Å². The van der Waals surface area contributed by atoms with Gasteiger partial charge in [0.25, 0.3) is 0 Å². The van der Waals surface area contributed by atoms with Crippen molar-refractivity contribution in [2.45, 2.75) is 9.79 Å². The van der Waals surface area contributed by atoms with Crippen LogP contribution in [0.5, 0.6) is 0 Å². The minimum atomic E-state index is -0.481. The molecular formula is C13H10F2N2OS. The molecule has 2 aromatic rings. The Bertz CT molecular complexity index is 615. The van der Waals surface area contributed by atoms with Crippen LogP contribution in [0.3, 0.4) is 0 Å². The van der Waals surface area contributed by atoms with E-state index in [2.05, 4.69) is 5.16 Å². The van der Waals surface area contributed by atoms with Crippen molar-refractivity contribution in [3.8, 4) is 0 Å². The third kappa shape index (κ3) is 3.23. The van der Waals surface area contributed by atoms with Crippen molar-refractivity contribution in [3.63, 3.8) is 0 Å². The fourth-order valence-electron chi connectivity index (χ4n) is 1.47. The van der Waals surface area contributed by atoms with E-state index in [-0.39, 0.29) is 17.2 Å². The molecule has 2 rings (SSSR count). The summed E-state index contributed by atoms with van der Waals surface area (Å²) in [6, 6.07) is 9.83. The molecule has 6 heteroatoms. The molecule has 0 radical (unpaired) electrons. The summed E-state index contributed by atoms with van der Waals surface area (Å²) >= 11 is 1.27. The van der Waals surface area contributed by atoms with Crippen molar-refractivity contribution in [2.24, 2.45) is 10.9 Å². The monoisotopic (exact) mass is 280 g/mol. The molecule has 0 saturated carbocycles. The summed E-state index contributed by atoms with van der Waals surface area (Å²) in [4.78, 5) is 1.38. The highest BCUT2D eigenvalue weighted by atomic mass is 32.2. The highest BCUT2D eigenvalue weighted by molar-refractivity contribution is 7.99. The highest BCUT2D eigenvalue weighted by Crippen LogP contribution is 2.30. The van der Waals surface area contributed by atoms with Gasteiger partial charge in [-0.25, -0.2) is 8.78 Å². The standard InChI is InChI=1S/C13H10F2N2OS/c14-8-1-4-10(5-2-8)19-12-6-3-9(15)7-11(12)13(16)17-18/h1-7,18H,(H2,16,17). The first-order valence-electron chi connectivity index (χ1n) is 5.31. The second-order valence-electron chi connectivity index (χ2n) is 3.68. The van der Waals surface area contributed by atoms with Crippen molar-refractivity contribution < 1.29 is 14.0 Å². The van der Waals surface area contributed by atoms with Gasteiger partial charge in [-0.05, 0) is 42.5 Å². The lowest BCUT2D eigenvalue weighted by atomic mass is 10.2. The average Bonchev–Trinajstić information content (AvgIpc) is 2.42. The van der Waals surface area contributed by atoms with Crippen LogP contribution in [0.1, 0.15) is 5.56 Å². The van der Waals surface area contributed by atoms with Gasteiger partial charge in [-0.15, -0.1) is 0 Å². The van der Waals surface area contributed by atoms with Crippen LogP contribution in [0.25, 0.3) is 0 Å². The molecular weight excluding hydrogens is 270 g/mol. The molecule has 0 saturated heterocycles. The minimum absolute atomic E-state index is 0.177. The largest absolute Gasteiger partial charge is 0.409 e. The van der Waals surface area contributed by atoms with E-state index in [4.69, 9.17) is 10.9 Å². The van der Waals surface area contributed by atoms with Gasteiger partial charge in [0.2, 0.25) is 0 Å². The molecule has 0 atom stereocenters. The van der Waals surface area contributed by atoms with Gasteiger partial charge in [-0.3, -0.25) is 0 Å². The van der Waals surface area contributed by atoms with Crippen LogP contribution in [0.2, 0.25) is 0 Å². The summed E-state index contributed by atoms with van der Waals surface area (Å²) in [7, 11) is 0. The quantitative estimate of drug-likeness (QED) is 0.393. The van der Waals surface area contributed by atoms with Crippen LogP contribution in [-0.2, 0) is 0 Å². The maximum atomic E-state index is 13.2. The Kier molecular flexibility index (Phi) is 4.01. The molecule has 0 aliphatic heterocycles. The third-order valence-electron chi connectivity index (χ3n) is 2.37. The van der Waals surface area contributed by atoms with Crippen molar-refractivity contribution in [1.29, 1.82) is 0 Å². The van der Waals surface area contributed by atoms with Gasteiger partial charge in [0, 0.05) is 15.4 Å². The van der Waals surface area contributed by atoms with Crippen molar-refractivity contribution in [3.05, 3.63) is 59.7 Å². The number of hydrogen-bond acceptors (Lipinski definition) is 3.